The van der Waals surface area contributed by atoms with Crippen LogP contribution in [0.5, 0.6) is 5.88 Å². The number of pyridine rings is 2. The summed E-state index contributed by atoms with van der Waals surface area (Å²) in [6.45, 7) is 4.33. The van der Waals surface area contributed by atoms with Gasteiger partial charge in [0.15, 0.2) is 0 Å². The van der Waals surface area contributed by atoms with E-state index in [4.69, 9.17) is 4.74 Å². The number of aromatic nitrogens is 3. The van der Waals surface area contributed by atoms with E-state index < -0.39 is 0 Å². The molecular weight excluding hydrogens is 348 g/mol. The van der Waals surface area contributed by atoms with Gasteiger partial charge < -0.3 is 10.1 Å². The van der Waals surface area contributed by atoms with Crippen LogP contribution in [0.25, 0.3) is 10.7 Å². The number of amides is 1. The Kier molecular flexibility index (Phi) is 5.91. The Balaban J connectivity index is 1.51. The molecule has 7 heteroatoms. The smallest absolute Gasteiger partial charge is 0.226 e. The lowest BCUT2D eigenvalue weighted by Crippen LogP contribution is -2.24. The topological polar surface area (TPSA) is 77.0 Å². The van der Waals surface area contributed by atoms with E-state index in [-0.39, 0.29) is 18.4 Å². The van der Waals surface area contributed by atoms with Crippen molar-refractivity contribution < 1.29 is 9.53 Å². The highest BCUT2D eigenvalue weighted by molar-refractivity contribution is 7.13. The Bertz CT molecular complexity index is 847. The SMILES string of the molecule is CC(C)Oc1ccc(CNC(=O)Cc2csc(-c3ccccn3)n2)cn1. The molecule has 0 aromatic carbocycles. The molecule has 0 aliphatic carbocycles. The van der Waals surface area contributed by atoms with E-state index in [0.717, 1.165) is 22.0 Å². The van der Waals surface area contributed by atoms with Gasteiger partial charge in [-0.3, -0.25) is 9.78 Å². The molecule has 0 unspecified atom stereocenters. The Morgan fingerprint density at radius 3 is 2.81 bits per heavy atom. The normalized spacial score (nSPS) is 10.7. The average Bonchev–Trinajstić information content (AvgIpc) is 3.10. The first-order valence-corrected chi connectivity index (χ1v) is 9.22. The van der Waals surface area contributed by atoms with E-state index >= 15 is 0 Å². The minimum atomic E-state index is -0.0784. The summed E-state index contributed by atoms with van der Waals surface area (Å²) < 4.78 is 5.50. The molecule has 0 bridgehead atoms. The summed E-state index contributed by atoms with van der Waals surface area (Å²) in [5.74, 6) is 0.505. The second-order valence-electron chi connectivity index (χ2n) is 5.98. The van der Waals surface area contributed by atoms with Crippen LogP contribution in [0.4, 0.5) is 0 Å². The summed E-state index contributed by atoms with van der Waals surface area (Å²) >= 11 is 1.49. The zero-order chi connectivity index (χ0) is 18.4. The van der Waals surface area contributed by atoms with Crippen molar-refractivity contribution in [3.05, 3.63) is 59.4 Å². The molecular formula is C19H20N4O2S. The molecule has 3 rings (SSSR count). The average molecular weight is 368 g/mol. The molecule has 0 aliphatic heterocycles. The van der Waals surface area contributed by atoms with Crippen LogP contribution in [-0.4, -0.2) is 27.0 Å². The van der Waals surface area contributed by atoms with Crippen molar-refractivity contribution in [1.82, 2.24) is 20.3 Å². The second-order valence-corrected chi connectivity index (χ2v) is 6.84. The van der Waals surface area contributed by atoms with Gasteiger partial charge in [-0.05, 0) is 31.5 Å². The van der Waals surface area contributed by atoms with Crippen LogP contribution in [0, 0.1) is 0 Å². The van der Waals surface area contributed by atoms with Crippen LogP contribution in [0.2, 0.25) is 0 Å². The number of thiazole rings is 1. The predicted octanol–water partition coefficient (Wildman–Crippen LogP) is 3.25. The molecule has 1 amide bonds. The van der Waals surface area contributed by atoms with Crippen molar-refractivity contribution in [2.45, 2.75) is 32.9 Å². The van der Waals surface area contributed by atoms with Gasteiger partial charge in [0.2, 0.25) is 11.8 Å². The maximum atomic E-state index is 12.1. The zero-order valence-electron chi connectivity index (χ0n) is 14.7. The van der Waals surface area contributed by atoms with Crippen molar-refractivity contribution in [2.75, 3.05) is 0 Å². The lowest BCUT2D eigenvalue weighted by atomic mass is 10.2. The summed E-state index contributed by atoms with van der Waals surface area (Å²) in [5.41, 5.74) is 2.48. The third-order valence-corrected chi connectivity index (χ3v) is 4.33. The molecule has 0 saturated heterocycles. The fourth-order valence-electron chi connectivity index (χ4n) is 2.25. The first kappa shape index (κ1) is 18.0. The minimum Gasteiger partial charge on any atom is -0.475 e. The van der Waals surface area contributed by atoms with Gasteiger partial charge in [-0.25, -0.2) is 9.97 Å². The van der Waals surface area contributed by atoms with Crippen LogP contribution < -0.4 is 10.1 Å². The van der Waals surface area contributed by atoms with Gasteiger partial charge in [-0.1, -0.05) is 12.1 Å². The number of nitrogens with zero attached hydrogens (tertiary/aromatic N) is 3. The van der Waals surface area contributed by atoms with E-state index in [1.54, 1.807) is 18.5 Å². The first-order chi connectivity index (χ1) is 12.6. The van der Waals surface area contributed by atoms with Gasteiger partial charge in [0.05, 0.1) is 23.9 Å². The number of hydrogen-bond acceptors (Lipinski definition) is 6. The Morgan fingerprint density at radius 2 is 2.12 bits per heavy atom. The lowest BCUT2D eigenvalue weighted by molar-refractivity contribution is -0.120. The van der Waals surface area contributed by atoms with Crippen LogP contribution >= 0.6 is 11.3 Å². The first-order valence-electron chi connectivity index (χ1n) is 8.34. The van der Waals surface area contributed by atoms with Crippen molar-refractivity contribution in [3.8, 4) is 16.6 Å². The van der Waals surface area contributed by atoms with Crippen molar-refractivity contribution in [1.29, 1.82) is 0 Å². The van der Waals surface area contributed by atoms with Crippen molar-refractivity contribution in [3.63, 3.8) is 0 Å². The highest BCUT2D eigenvalue weighted by atomic mass is 32.1. The van der Waals surface area contributed by atoms with Gasteiger partial charge in [0, 0.05) is 30.4 Å². The molecule has 0 atom stereocenters. The van der Waals surface area contributed by atoms with E-state index in [2.05, 4.69) is 20.3 Å². The molecule has 0 fully saturated rings. The standard InChI is InChI=1S/C19H20N4O2S/c1-13(2)25-18-7-6-14(11-22-18)10-21-17(24)9-15-12-26-19(23-15)16-5-3-4-8-20-16/h3-8,11-13H,9-10H2,1-2H3,(H,21,24). The summed E-state index contributed by atoms with van der Waals surface area (Å²) in [6.07, 6.45) is 3.77. The molecule has 134 valence electrons. The molecule has 3 aromatic rings. The molecule has 0 spiro atoms. The van der Waals surface area contributed by atoms with E-state index in [1.165, 1.54) is 11.3 Å². The number of carbonyl (C=O) groups excluding carboxylic acids is 1. The lowest BCUT2D eigenvalue weighted by Gasteiger charge is -2.09. The maximum absolute atomic E-state index is 12.1. The maximum Gasteiger partial charge on any atom is 0.226 e. The van der Waals surface area contributed by atoms with Crippen molar-refractivity contribution in [2.24, 2.45) is 0 Å². The summed E-state index contributed by atoms with van der Waals surface area (Å²) in [5, 5.41) is 5.60. The monoisotopic (exact) mass is 368 g/mol. The molecule has 0 saturated carbocycles. The van der Waals surface area contributed by atoms with Crippen molar-refractivity contribution >= 4 is 17.2 Å². The number of hydrogen-bond donors (Lipinski definition) is 1. The number of ether oxygens (including phenoxy) is 1. The van der Waals surface area contributed by atoms with E-state index in [0.29, 0.717) is 12.4 Å². The van der Waals surface area contributed by atoms with Crippen LogP contribution in [0.1, 0.15) is 25.1 Å². The van der Waals surface area contributed by atoms with E-state index in [1.807, 2.05) is 43.5 Å². The van der Waals surface area contributed by atoms with Gasteiger partial charge in [0.1, 0.15) is 5.01 Å². The quantitative estimate of drug-likeness (QED) is 0.693. The molecule has 0 radical (unpaired) electrons. The van der Waals surface area contributed by atoms with Crippen LogP contribution in [-0.2, 0) is 17.8 Å². The second kappa shape index (κ2) is 8.53. The summed E-state index contributed by atoms with van der Waals surface area (Å²) in [7, 11) is 0. The van der Waals surface area contributed by atoms with Gasteiger partial charge in [-0.15, -0.1) is 11.3 Å². The summed E-state index contributed by atoms with van der Waals surface area (Å²) in [4.78, 5) is 25.1. The van der Waals surface area contributed by atoms with Gasteiger partial charge >= 0.3 is 0 Å². The predicted molar refractivity (Wildman–Crippen MR) is 101 cm³/mol. The Hall–Kier alpha value is -2.80. The Labute approximate surface area is 156 Å². The van der Waals surface area contributed by atoms with Gasteiger partial charge in [0.25, 0.3) is 0 Å². The zero-order valence-corrected chi connectivity index (χ0v) is 15.5. The summed E-state index contributed by atoms with van der Waals surface area (Å²) in [6, 6.07) is 9.39. The highest BCUT2D eigenvalue weighted by Gasteiger charge is 2.10. The van der Waals surface area contributed by atoms with Crippen LogP contribution in [0.3, 0.4) is 0 Å². The molecule has 0 aliphatic rings. The van der Waals surface area contributed by atoms with Gasteiger partial charge in [-0.2, -0.15) is 0 Å². The fourth-order valence-corrected chi connectivity index (χ4v) is 3.04. The molecule has 26 heavy (non-hydrogen) atoms. The minimum absolute atomic E-state index is 0.0784. The third-order valence-electron chi connectivity index (χ3n) is 3.42. The van der Waals surface area contributed by atoms with Crippen LogP contribution in [0.15, 0.2) is 48.1 Å². The number of carbonyl (C=O) groups is 1. The molecule has 3 aromatic heterocycles. The Morgan fingerprint density at radius 1 is 1.23 bits per heavy atom. The third kappa shape index (κ3) is 5.10. The molecule has 3 heterocycles. The molecule has 6 nitrogen and oxygen atoms in total. The van der Waals surface area contributed by atoms with E-state index in [9.17, 15) is 4.79 Å². The number of nitrogens with one attached hydrogen (secondary N) is 1. The number of rotatable bonds is 7. The molecule has 1 N–H and O–H groups in total. The highest BCUT2D eigenvalue weighted by Crippen LogP contribution is 2.21. The largest absolute Gasteiger partial charge is 0.475 e. The fraction of sp³-hybridized carbons (Fsp3) is 0.263.